The fraction of sp³-hybridized carbons (Fsp3) is 0.875. The topological polar surface area (TPSA) is 15.3 Å². The highest BCUT2D eigenvalue weighted by Crippen LogP contribution is 2.32. The zero-order valence-corrected chi connectivity index (χ0v) is 8.72. The summed E-state index contributed by atoms with van der Waals surface area (Å²) >= 11 is 5.36. The van der Waals surface area contributed by atoms with E-state index in [4.69, 9.17) is 12.2 Å². The van der Waals surface area contributed by atoms with E-state index in [-0.39, 0.29) is 12.4 Å². The molecule has 2 aliphatic rings. The van der Waals surface area contributed by atoms with E-state index in [0.717, 1.165) is 32.1 Å². The molecule has 0 spiro atoms. The minimum Gasteiger partial charge on any atom is -0.363 e. The van der Waals surface area contributed by atoms with Crippen molar-refractivity contribution in [2.24, 2.45) is 5.92 Å². The van der Waals surface area contributed by atoms with E-state index in [1.807, 2.05) is 0 Å². The van der Waals surface area contributed by atoms with Crippen LogP contribution in [0.15, 0.2) is 0 Å². The molecule has 1 aliphatic carbocycles. The van der Waals surface area contributed by atoms with E-state index >= 15 is 0 Å². The molecule has 0 unspecified atom stereocenters. The molecule has 1 aliphatic heterocycles. The average molecular weight is 207 g/mol. The van der Waals surface area contributed by atoms with E-state index in [0.29, 0.717) is 0 Å². The molecule has 12 heavy (non-hydrogen) atoms. The first-order valence-corrected chi connectivity index (χ1v) is 4.78. The Balaban J connectivity index is 0.000000720. The molecule has 1 heterocycles. The Kier molecular flexibility index (Phi) is 3.75. The fourth-order valence-corrected chi connectivity index (χ4v) is 1.89. The highest BCUT2D eigenvalue weighted by atomic mass is 35.5. The summed E-state index contributed by atoms with van der Waals surface area (Å²) in [6.45, 7) is 4.45. The molecule has 2 rings (SSSR count). The van der Waals surface area contributed by atoms with Gasteiger partial charge < -0.3 is 10.2 Å². The van der Waals surface area contributed by atoms with Crippen molar-refractivity contribution < 1.29 is 0 Å². The average Bonchev–Trinajstić information content (AvgIpc) is 2.87. The highest BCUT2D eigenvalue weighted by Gasteiger charge is 2.29. The van der Waals surface area contributed by atoms with Gasteiger partial charge in [0.25, 0.3) is 0 Å². The van der Waals surface area contributed by atoms with Gasteiger partial charge in [0.15, 0.2) is 0 Å². The number of thiocarbonyl (C=S) groups is 1. The Hall–Kier alpha value is 0.140. The van der Waals surface area contributed by atoms with Crippen molar-refractivity contribution in [3.05, 3.63) is 0 Å². The standard InChI is InChI=1S/C8H14N2S.ClH/c11-8(7-1-2-7)10-5-3-9-4-6-10;/h7,9H,1-6H2;1H. The van der Waals surface area contributed by atoms with E-state index in [1.165, 1.54) is 17.8 Å². The largest absolute Gasteiger partial charge is 0.363 e. The molecule has 70 valence electrons. The minimum atomic E-state index is 0. The summed E-state index contributed by atoms with van der Waals surface area (Å²) in [7, 11) is 0. The van der Waals surface area contributed by atoms with Crippen molar-refractivity contribution in [1.82, 2.24) is 10.2 Å². The van der Waals surface area contributed by atoms with Crippen LogP contribution in [0.4, 0.5) is 0 Å². The second-order valence-electron chi connectivity index (χ2n) is 3.35. The first kappa shape index (κ1) is 10.2. The van der Waals surface area contributed by atoms with Gasteiger partial charge >= 0.3 is 0 Å². The Bertz CT molecular complexity index is 164. The van der Waals surface area contributed by atoms with Crippen LogP contribution >= 0.6 is 24.6 Å². The van der Waals surface area contributed by atoms with E-state index in [2.05, 4.69) is 10.2 Å². The summed E-state index contributed by atoms with van der Waals surface area (Å²) in [5.41, 5.74) is 0. The Labute approximate surface area is 85.1 Å². The molecule has 0 radical (unpaired) electrons. The number of hydrogen-bond acceptors (Lipinski definition) is 2. The van der Waals surface area contributed by atoms with Gasteiger partial charge in [-0.2, -0.15) is 0 Å². The second-order valence-corrected chi connectivity index (χ2v) is 3.77. The molecule has 2 fully saturated rings. The summed E-state index contributed by atoms with van der Waals surface area (Å²) in [5, 5.41) is 3.33. The van der Waals surface area contributed by atoms with Crippen molar-refractivity contribution in [3.8, 4) is 0 Å². The number of rotatable bonds is 1. The number of nitrogens with one attached hydrogen (secondary N) is 1. The molecule has 0 aromatic rings. The molecule has 2 nitrogen and oxygen atoms in total. The molecule has 1 N–H and O–H groups in total. The van der Waals surface area contributed by atoms with Crippen LogP contribution in [0.2, 0.25) is 0 Å². The van der Waals surface area contributed by atoms with Crippen molar-refractivity contribution in [2.75, 3.05) is 26.2 Å². The monoisotopic (exact) mass is 206 g/mol. The zero-order valence-electron chi connectivity index (χ0n) is 7.08. The third kappa shape index (κ3) is 2.31. The van der Waals surface area contributed by atoms with Gasteiger partial charge in [0, 0.05) is 32.1 Å². The summed E-state index contributed by atoms with van der Waals surface area (Å²) in [6.07, 6.45) is 2.67. The predicted molar refractivity (Wildman–Crippen MR) is 57.0 cm³/mol. The molecule has 0 aromatic heterocycles. The Morgan fingerprint density at radius 2 is 1.83 bits per heavy atom. The van der Waals surface area contributed by atoms with Crippen molar-refractivity contribution >= 4 is 29.6 Å². The molecule has 4 heteroatoms. The van der Waals surface area contributed by atoms with Crippen LogP contribution in [-0.4, -0.2) is 36.1 Å². The maximum absolute atomic E-state index is 5.36. The van der Waals surface area contributed by atoms with Crippen LogP contribution in [-0.2, 0) is 0 Å². The molecule has 0 aromatic carbocycles. The van der Waals surface area contributed by atoms with Crippen LogP contribution in [0, 0.1) is 5.92 Å². The minimum absolute atomic E-state index is 0. The molecular weight excluding hydrogens is 192 g/mol. The lowest BCUT2D eigenvalue weighted by molar-refractivity contribution is 0.355. The molecule has 1 saturated heterocycles. The van der Waals surface area contributed by atoms with Gasteiger partial charge in [0.1, 0.15) is 0 Å². The quantitative estimate of drug-likeness (QED) is 0.646. The first-order valence-electron chi connectivity index (χ1n) is 4.37. The van der Waals surface area contributed by atoms with Gasteiger partial charge in [-0.3, -0.25) is 0 Å². The molecule has 0 amide bonds. The van der Waals surface area contributed by atoms with Gasteiger partial charge in [-0.05, 0) is 12.8 Å². The number of piperazine rings is 1. The summed E-state index contributed by atoms with van der Waals surface area (Å²) in [5.74, 6) is 0.767. The molecule has 0 bridgehead atoms. The van der Waals surface area contributed by atoms with Crippen molar-refractivity contribution in [1.29, 1.82) is 0 Å². The fourth-order valence-electron chi connectivity index (χ4n) is 1.47. The Morgan fingerprint density at radius 3 is 2.33 bits per heavy atom. The highest BCUT2D eigenvalue weighted by molar-refractivity contribution is 7.80. The van der Waals surface area contributed by atoms with E-state index in [9.17, 15) is 0 Å². The van der Waals surface area contributed by atoms with Gasteiger partial charge in [0.2, 0.25) is 0 Å². The van der Waals surface area contributed by atoms with Crippen LogP contribution in [0.3, 0.4) is 0 Å². The summed E-state index contributed by atoms with van der Waals surface area (Å²) in [4.78, 5) is 3.59. The maximum atomic E-state index is 5.36. The maximum Gasteiger partial charge on any atom is 0.0811 e. The second kappa shape index (κ2) is 4.40. The van der Waals surface area contributed by atoms with Crippen molar-refractivity contribution in [2.45, 2.75) is 12.8 Å². The van der Waals surface area contributed by atoms with Gasteiger partial charge in [-0.15, -0.1) is 12.4 Å². The third-order valence-electron chi connectivity index (χ3n) is 2.36. The predicted octanol–water partition coefficient (Wildman–Crippen LogP) is 1.05. The lowest BCUT2D eigenvalue weighted by Crippen LogP contribution is -2.46. The van der Waals surface area contributed by atoms with E-state index in [1.54, 1.807) is 0 Å². The zero-order chi connectivity index (χ0) is 7.68. The normalized spacial score (nSPS) is 23.2. The number of hydrogen-bond donors (Lipinski definition) is 1. The third-order valence-corrected chi connectivity index (χ3v) is 2.95. The summed E-state index contributed by atoms with van der Waals surface area (Å²) < 4.78 is 0. The van der Waals surface area contributed by atoms with Gasteiger partial charge in [-0.1, -0.05) is 12.2 Å². The first-order chi connectivity index (χ1) is 5.38. The SMILES string of the molecule is Cl.S=C(C1CC1)N1CCNCC1. The Morgan fingerprint density at radius 1 is 1.25 bits per heavy atom. The van der Waals surface area contributed by atoms with Crippen molar-refractivity contribution in [3.63, 3.8) is 0 Å². The smallest absolute Gasteiger partial charge is 0.0811 e. The van der Waals surface area contributed by atoms with Crippen LogP contribution in [0.25, 0.3) is 0 Å². The van der Waals surface area contributed by atoms with Crippen LogP contribution < -0.4 is 5.32 Å². The summed E-state index contributed by atoms with van der Waals surface area (Å²) in [6, 6.07) is 0. The lowest BCUT2D eigenvalue weighted by Gasteiger charge is -2.29. The molecule has 1 saturated carbocycles. The van der Waals surface area contributed by atoms with Crippen LogP contribution in [0.5, 0.6) is 0 Å². The molecular formula is C8H15ClN2S. The number of halogens is 1. The lowest BCUT2D eigenvalue weighted by atomic mass is 10.3. The molecule has 0 atom stereocenters. The van der Waals surface area contributed by atoms with E-state index < -0.39 is 0 Å². The van der Waals surface area contributed by atoms with Crippen LogP contribution in [0.1, 0.15) is 12.8 Å². The van der Waals surface area contributed by atoms with Gasteiger partial charge in [-0.25, -0.2) is 0 Å². The van der Waals surface area contributed by atoms with Gasteiger partial charge in [0.05, 0.1) is 4.99 Å². The number of nitrogens with zero attached hydrogens (tertiary/aromatic N) is 1.